The van der Waals surface area contributed by atoms with Gasteiger partial charge in [-0.2, -0.15) is 0 Å². The fraction of sp³-hybridized carbons (Fsp3) is 0.600. The molecule has 1 heterocycles. The van der Waals surface area contributed by atoms with E-state index in [-0.39, 0.29) is 16.9 Å². The largest absolute Gasteiger partial charge is 0.312 e. The minimum Gasteiger partial charge on any atom is -0.312 e. The second-order valence-electron chi connectivity index (χ2n) is 5.71. The molecule has 2 nitrogen and oxygen atoms in total. The molecule has 1 fully saturated rings. The zero-order valence-corrected chi connectivity index (χ0v) is 12.5. The molecule has 2 unspecified atom stereocenters. The molecule has 19 heavy (non-hydrogen) atoms. The van der Waals surface area contributed by atoms with Crippen molar-refractivity contribution in [3.8, 4) is 0 Å². The Morgan fingerprint density at radius 2 is 2.16 bits per heavy atom. The van der Waals surface area contributed by atoms with E-state index in [2.05, 4.69) is 31.0 Å². The third-order valence-corrected chi connectivity index (χ3v) is 4.02. The van der Waals surface area contributed by atoms with Gasteiger partial charge in [0.05, 0.1) is 5.02 Å². The van der Waals surface area contributed by atoms with E-state index in [0.29, 0.717) is 12.0 Å². The van der Waals surface area contributed by atoms with Gasteiger partial charge in [0.2, 0.25) is 0 Å². The first-order valence-corrected chi connectivity index (χ1v) is 7.29. The molecule has 0 spiro atoms. The van der Waals surface area contributed by atoms with E-state index in [1.807, 2.05) is 6.07 Å². The number of halogens is 2. The maximum Gasteiger partial charge on any atom is 0.142 e. The summed E-state index contributed by atoms with van der Waals surface area (Å²) in [6.07, 6.45) is 0. The van der Waals surface area contributed by atoms with Gasteiger partial charge >= 0.3 is 0 Å². The number of nitrogens with one attached hydrogen (secondary N) is 1. The molecule has 106 valence electrons. The van der Waals surface area contributed by atoms with Gasteiger partial charge in [-0.25, -0.2) is 4.39 Å². The maximum absolute atomic E-state index is 13.7. The van der Waals surface area contributed by atoms with E-state index < -0.39 is 0 Å². The zero-order chi connectivity index (χ0) is 14.0. The molecule has 0 amide bonds. The highest BCUT2D eigenvalue weighted by atomic mass is 35.5. The highest BCUT2D eigenvalue weighted by Crippen LogP contribution is 2.31. The van der Waals surface area contributed by atoms with Gasteiger partial charge in [0.1, 0.15) is 5.82 Å². The number of nitrogens with zero attached hydrogens (tertiary/aromatic N) is 1. The van der Waals surface area contributed by atoms with Crippen LogP contribution in [0.15, 0.2) is 18.2 Å². The molecule has 1 aliphatic rings. The summed E-state index contributed by atoms with van der Waals surface area (Å²) in [6.45, 7) is 9.53. The quantitative estimate of drug-likeness (QED) is 0.914. The summed E-state index contributed by atoms with van der Waals surface area (Å²) >= 11 is 5.78. The van der Waals surface area contributed by atoms with Gasteiger partial charge in [0.15, 0.2) is 0 Å². The third kappa shape index (κ3) is 3.47. The Morgan fingerprint density at radius 3 is 2.74 bits per heavy atom. The summed E-state index contributed by atoms with van der Waals surface area (Å²) < 4.78 is 13.7. The molecule has 0 saturated carbocycles. The predicted molar refractivity (Wildman–Crippen MR) is 78.0 cm³/mol. The molecular formula is C15H22ClFN2. The second kappa shape index (κ2) is 6.21. The summed E-state index contributed by atoms with van der Waals surface area (Å²) in [5.41, 5.74) is 1.02. The van der Waals surface area contributed by atoms with Crippen molar-refractivity contribution >= 4 is 11.6 Å². The number of hydrogen-bond acceptors (Lipinski definition) is 2. The molecule has 0 aliphatic carbocycles. The van der Waals surface area contributed by atoms with Crippen LogP contribution in [0.3, 0.4) is 0 Å². The minimum absolute atomic E-state index is 0.194. The van der Waals surface area contributed by atoms with Crippen molar-refractivity contribution < 1.29 is 4.39 Å². The van der Waals surface area contributed by atoms with Gasteiger partial charge in [-0.1, -0.05) is 31.5 Å². The van der Waals surface area contributed by atoms with E-state index >= 15 is 0 Å². The van der Waals surface area contributed by atoms with Crippen molar-refractivity contribution in [1.82, 2.24) is 10.2 Å². The van der Waals surface area contributed by atoms with Crippen LogP contribution in [0.25, 0.3) is 0 Å². The minimum atomic E-state index is -0.326. The maximum atomic E-state index is 13.7. The van der Waals surface area contributed by atoms with Crippen LogP contribution in [0.2, 0.25) is 5.02 Å². The van der Waals surface area contributed by atoms with Crippen molar-refractivity contribution in [1.29, 1.82) is 0 Å². The molecule has 2 rings (SSSR count). The van der Waals surface area contributed by atoms with E-state index in [1.165, 1.54) is 0 Å². The Bertz CT molecular complexity index is 436. The summed E-state index contributed by atoms with van der Waals surface area (Å²) in [4.78, 5) is 2.44. The first-order chi connectivity index (χ1) is 8.99. The van der Waals surface area contributed by atoms with Gasteiger partial charge < -0.3 is 5.32 Å². The average Bonchev–Trinajstić information content (AvgIpc) is 2.33. The van der Waals surface area contributed by atoms with E-state index in [0.717, 1.165) is 25.2 Å². The Hall–Kier alpha value is -0.640. The molecule has 1 N–H and O–H groups in total. The van der Waals surface area contributed by atoms with Crippen LogP contribution >= 0.6 is 11.6 Å². The zero-order valence-electron chi connectivity index (χ0n) is 11.8. The highest BCUT2D eigenvalue weighted by Gasteiger charge is 2.27. The van der Waals surface area contributed by atoms with Gasteiger partial charge in [-0.3, -0.25) is 4.90 Å². The predicted octanol–water partition coefficient (Wildman–Crippen LogP) is 3.47. The summed E-state index contributed by atoms with van der Waals surface area (Å²) in [6, 6.07) is 5.92. The van der Waals surface area contributed by atoms with Crippen molar-refractivity contribution in [2.24, 2.45) is 5.92 Å². The van der Waals surface area contributed by atoms with Crippen LogP contribution in [-0.4, -0.2) is 30.6 Å². The molecule has 4 heteroatoms. The Morgan fingerprint density at radius 1 is 1.42 bits per heavy atom. The Balaban J connectivity index is 2.26. The van der Waals surface area contributed by atoms with Crippen molar-refractivity contribution in [2.45, 2.75) is 32.9 Å². The lowest BCUT2D eigenvalue weighted by Crippen LogP contribution is -2.51. The topological polar surface area (TPSA) is 15.3 Å². The molecule has 0 bridgehead atoms. The standard InChI is InChI=1S/C15H22ClFN2/c1-10(2)15(19-7-6-18-11(3)9-19)12-4-5-13(16)14(17)8-12/h4-5,8,10-11,15,18H,6-7,9H2,1-3H3. The fourth-order valence-corrected chi connectivity index (χ4v) is 3.05. The molecule has 1 aliphatic heterocycles. The second-order valence-corrected chi connectivity index (χ2v) is 6.12. The number of rotatable bonds is 3. The van der Waals surface area contributed by atoms with Crippen LogP contribution in [-0.2, 0) is 0 Å². The highest BCUT2D eigenvalue weighted by molar-refractivity contribution is 6.30. The first kappa shape index (κ1) is 14.8. The molecule has 2 atom stereocenters. The molecule has 1 saturated heterocycles. The Kier molecular flexibility index (Phi) is 4.82. The van der Waals surface area contributed by atoms with Crippen molar-refractivity contribution in [3.63, 3.8) is 0 Å². The summed E-state index contributed by atoms with van der Waals surface area (Å²) in [7, 11) is 0. The van der Waals surface area contributed by atoms with E-state index in [4.69, 9.17) is 11.6 Å². The van der Waals surface area contributed by atoms with Gasteiger partial charge in [0, 0.05) is 31.7 Å². The van der Waals surface area contributed by atoms with Gasteiger partial charge in [0.25, 0.3) is 0 Å². The Labute approximate surface area is 119 Å². The summed E-state index contributed by atoms with van der Waals surface area (Å²) in [5, 5.41) is 3.64. The first-order valence-electron chi connectivity index (χ1n) is 6.91. The van der Waals surface area contributed by atoms with Gasteiger partial charge in [-0.15, -0.1) is 0 Å². The lowest BCUT2D eigenvalue weighted by atomic mass is 9.93. The number of hydrogen-bond donors (Lipinski definition) is 1. The normalized spacial score (nSPS) is 22.7. The molecule has 0 radical (unpaired) electrons. The van der Waals surface area contributed by atoms with Crippen LogP contribution in [0, 0.1) is 11.7 Å². The monoisotopic (exact) mass is 284 g/mol. The molecule has 1 aromatic rings. The van der Waals surface area contributed by atoms with Crippen LogP contribution in [0.1, 0.15) is 32.4 Å². The van der Waals surface area contributed by atoms with Crippen LogP contribution < -0.4 is 5.32 Å². The van der Waals surface area contributed by atoms with E-state index in [1.54, 1.807) is 12.1 Å². The molecule has 0 aromatic heterocycles. The lowest BCUT2D eigenvalue weighted by Gasteiger charge is -2.40. The average molecular weight is 285 g/mol. The lowest BCUT2D eigenvalue weighted by molar-refractivity contribution is 0.117. The number of piperazine rings is 1. The SMILES string of the molecule is CC1CN(C(c2ccc(Cl)c(F)c2)C(C)C)CCN1. The molecular weight excluding hydrogens is 263 g/mol. The van der Waals surface area contributed by atoms with Crippen molar-refractivity contribution in [2.75, 3.05) is 19.6 Å². The van der Waals surface area contributed by atoms with Crippen LogP contribution in [0.5, 0.6) is 0 Å². The van der Waals surface area contributed by atoms with Gasteiger partial charge in [-0.05, 0) is 30.5 Å². The molecule has 1 aromatic carbocycles. The van der Waals surface area contributed by atoms with Crippen molar-refractivity contribution in [3.05, 3.63) is 34.6 Å². The third-order valence-electron chi connectivity index (χ3n) is 3.71. The van der Waals surface area contributed by atoms with E-state index in [9.17, 15) is 4.39 Å². The van der Waals surface area contributed by atoms with Crippen LogP contribution in [0.4, 0.5) is 4.39 Å². The fourth-order valence-electron chi connectivity index (χ4n) is 2.93. The number of benzene rings is 1. The smallest absolute Gasteiger partial charge is 0.142 e. The summed E-state index contributed by atoms with van der Waals surface area (Å²) in [5.74, 6) is 0.110.